The van der Waals surface area contributed by atoms with Gasteiger partial charge in [-0.3, -0.25) is 10.1 Å². The van der Waals surface area contributed by atoms with E-state index in [2.05, 4.69) is 5.32 Å². The van der Waals surface area contributed by atoms with Crippen LogP contribution in [-0.4, -0.2) is 18.0 Å². The predicted octanol–water partition coefficient (Wildman–Crippen LogP) is 1.10. The van der Waals surface area contributed by atoms with E-state index in [1.165, 1.54) is 6.92 Å². The highest BCUT2D eigenvalue weighted by atomic mass is 19.2. The first-order valence-electron chi connectivity index (χ1n) is 4.82. The molecule has 98 valence electrons. The van der Waals surface area contributed by atoms with Crippen LogP contribution in [0.4, 0.5) is 23.7 Å². The van der Waals surface area contributed by atoms with Gasteiger partial charge in [0.1, 0.15) is 11.9 Å². The Bertz CT molecular complexity index is 494. The van der Waals surface area contributed by atoms with Crippen LogP contribution in [-0.2, 0) is 4.79 Å². The Hall–Kier alpha value is -2.25. The number of hydrogen-bond acceptors (Lipinski definition) is 3. The van der Waals surface area contributed by atoms with Gasteiger partial charge in [-0.05, 0) is 6.92 Å². The Balaban J connectivity index is 2.85. The van der Waals surface area contributed by atoms with E-state index in [4.69, 9.17) is 5.73 Å². The first-order valence-corrected chi connectivity index (χ1v) is 4.82. The SMILES string of the molecule is CC(Nc1cc(F)cc(F)c1F)C(=O)NC(N)=O. The molecule has 0 aromatic heterocycles. The molecule has 0 aliphatic rings. The van der Waals surface area contributed by atoms with Gasteiger partial charge in [0.15, 0.2) is 11.6 Å². The molecule has 1 aromatic rings. The fraction of sp³-hybridized carbons (Fsp3) is 0.200. The minimum absolute atomic E-state index is 0.370. The Morgan fingerprint density at radius 2 is 1.89 bits per heavy atom. The lowest BCUT2D eigenvalue weighted by atomic mass is 10.2. The van der Waals surface area contributed by atoms with Crippen LogP contribution < -0.4 is 16.4 Å². The van der Waals surface area contributed by atoms with Crippen LogP contribution >= 0.6 is 0 Å². The highest BCUT2D eigenvalue weighted by molar-refractivity contribution is 5.97. The number of benzene rings is 1. The van der Waals surface area contributed by atoms with E-state index >= 15 is 0 Å². The van der Waals surface area contributed by atoms with Crippen molar-refractivity contribution in [3.05, 3.63) is 29.6 Å². The number of carbonyl (C=O) groups excluding carboxylic acids is 2. The van der Waals surface area contributed by atoms with Gasteiger partial charge < -0.3 is 11.1 Å². The van der Waals surface area contributed by atoms with Gasteiger partial charge in [-0.2, -0.15) is 0 Å². The molecular formula is C10H10F3N3O2. The normalized spacial score (nSPS) is 11.8. The number of imide groups is 1. The van der Waals surface area contributed by atoms with E-state index in [0.29, 0.717) is 12.1 Å². The molecule has 8 heteroatoms. The average molecular weight is 261 g/mol. The molecular weight excluding hydrogens is 251 g/mol. The third kappa shape index (κ3) is 3.37. The lowest BCUT2D eigenvalue weighted by molar-refractivity contribution is -0.120. The highest BCUT2D eigenvalue weighted by Crippen LogP contribution is 2.19. The highest BCUT2D eigenvalue weighted by Gasteiger charge is 2.18. The van der Waals surface area contributed by atoms with Gasteiger partial charge in [-0.25, -0.2) is 18.0 Å². The predicted molar refractivity (Wildman–Crippen MR) is 57.1 cm³/mol. The molecule has 1 aromatic carbocycles. The molecule has 0 saturated carbocycles. The zero-order valence-corrected chi connectivity index (χ0v) is 9.26. The van der Waals surface area contributed by atoms with Crippen molar-refractivity contribution in [1.82, 2.24) is 5.32 Å². The molecule has 0 radical (unpaired) electrons. The van der Waals surface area contributed by atoms with E-state index < -0.39 is 41.1 Å². The summed E-state index contributed by atoms with van der Waals surface area (Å²) in [6.45, 7) is 1.26. The summed E-state index contributed by atoms with van der Waals surface area (Å²) in [4.78, 5) is 21.7. The summed E-state index contributed by atoms with van der Waals surface area (Å²) in [6.07, 6.45) is 0. The molecule has 0 bridgehead atoms. The molecule has 4 N–H and O–H groups in total. The molecule has 0 spiro atoms. The van der Waals surface area contributed by atoms with Crippen molar-refractivity contribution < 1.29 is 22.8 Å². The number of anilines is 1. The Morgan fingerprint density at radius 1 is 1.28 bits per heavy atom. The molecule has 0 heterocycles. The van der Waals surface area contributed by atoms with Crippen molar-refractivity contribution in [2.45, 2.75) is 13.0 Å². The number of carbonyl (C=O) groups is 2. The van der Waals surface area contributed by atoms with Crippen LogP contribution in [0.5, 0.6) is 0 Å². The van der Waals surface area contributed by atoms with Gasteiger partial charge in [0, 0.05) is 12.1 Å². The molecule has 5 nitrogen and oxygen atoms in total. The number of halogens is 3. The molecule has 3 amide bonds. The quantitative estimate of drug-likeness (QED) is 0.712. The van der Waals surface area contributed by atoms with E-state index in [9.17, 15) is 22.8 Å². The summed E-state index contributed by atoms with van der Waals surface area (Å²) in [6, 6.07) is -1.13. The minimum Gasteiger partial charge on any atom is -0.371 e. The van der Waals surface area contributed by atoms with Gasteiger partial charge in [0.05, 0.1) is 5.69 Å². The van der Waals surface area contributed by atoms with Gasteiger partial charge in [-0.1, -0.05) is 0 Å². The first-order chi connectivity index (χ1) is 8.31. The van der Waals surface area contributed by atoms with Gasteiger partial charge in [-0.15, -0.1) is 0 Å². The topological polar surface area (TPSA) is 84.2 Å². The van der Waals surface area contributed by atoms with Crippen LogP contribution in [0.3, 0.4) is 0 Å². The van der Waals surface area contributed by atoms with E-state index in [1.54, 1.807) is 5.32 Å². The number of nitrogens with one attached hydrogen (secondary N) is 2. The summed E-state index contributed by atoms with van der Waals surface area (Å²) in [5, 5.41) is 3.96. The number of primary amides is 1. The van der Waals surface area contributed by atoms with Gasteiger partial charge in [0.2, 0.25) is 5.91 Å². The maximum atomic E-state index is 13.2. The van der Waals surface area contributed by atoms with Crippen LogP contribution in [0.15, 0.2) is 12.1 Å². The monoisotopic (exact) mass is 261 g/mol. The van der Waals surface area contributed by atoms with Crippen molar-refractivity contribution in [2.75, 3.05) is 5.32 Å². The number of urea groups is 1. The van der Waals surface area contributed by atoms with Crippen LogP contribution in [0.2, 0.25) is 0 Å². The zero-order chi connectivity index (χ0) is 13.9. The van der Waals surface area contributed by atoms with Crippen LogP contribution in [0.1, 0.15) is 6.92 Å². The summed E-state index contributed by atoms with van der Waals surface area (Å²) >= 11 is 0. The fourth-order valence-corrected chi connectivity index (χ4v) is 1.19. The number of hydrogen-bond donors (Lipinski definition) is 3. The summed E-state index contributed by atoms with van der Waals surface area (Å²) in [5.74, 6) is -4.57. The maximum absolute atomic E-state index is 13.2. The van der Waals surface area contributed by atoms with Crippen molar-refractivity contribution in [3.8, 4) is 0 Å². The summed E-state index contributed by atoms with van der Waals surface area (Å²) < 4.78 is 39.0. The standard InChI is InChI=1S/C10H10F3N3O2/c1-4(9(17)16-10(14)18)15-7-3-5(11)2-6(12)8(7)13/h2-4,15H,1H3,(H3,14,16,17,18). The average Bonchev–Trinajstić information content (AvgIpc) is 2.24. The van der Waals surface area contributed by atoms with Crippen molar-refractivity contribution in [2.24, 2.45) is 5.73 Å². The molecule has 0 aliphatic heterocycles. The molecule has 1 atom stereocenters. The maximum Gasteiger partial charge on any atom is 0.318 e. The molecule has 1 rings (SSSR count). The number of rotatable bonds is 3. The molecule has 0 saturated heterocycles. The second-order valence-corrected chi connectivity index (χ2v) is 3.47. The van der Waals surface area contributed by atoms with Gasteiger partial charge in [0.25, 0.3) is 0 Å². The number of nitrogens with two attached hydrogens (primary N) is 1. The Kier molecular flexibility index (Phi) is 4.13. The van der Waals surface area contributed by atoms with Crippen molar-refractivity contribution in [1.29, 1.82) is 0 Å². The summed E-state index contributed by atoms with van der Waals surface area (Å²) in [7, 11) is 0. The van der Waals surface area contributed by atoms with Crippen molar-refractivity contribution >= 4 is 17.6 Å². The third-order valence-corrected chi connectivity index (χ3v) is 2.00. The zero-order valence-electron chi connectivity index (χ0n) is 9.26. The van der Waals surface area contributed by atoms with Crippen molar-refractivity contribution in [3.63, 3.8) is 0 Å². The lowest BCUT2D eigenvalue weighted by Gasteiger charge is -2.14. The molecule has 0 aliphatic carbocycles. The lowest BCUT2D eigenvalue weighted by Crippen LogP contribution is -2.43. The van der Waals surface area contributed by atoms with E-state index in [1.807, 2.05) is 0 Å². The van der Waals surface area contributed by atoms with Gasteiger partial charge >= 0.3 is 6.03 Å². The van der Waals surface area contributed by atoms with E-state index in [0.717, 1.165) is 0 Å². The first kappa shape index (κ1) is 13.8. The second kappa shape index (κ2) is 5.39. The van der Waals surface area contributed by atoms with E-state index in [-0.39, 0.29) is 0 Å². The largest absolute Gasteiger partial charge is 0.371 e. The second-order valence-electron chi connectivity index (χ2n) is 3.47. The van der Waals surface area contributed by atoms with Crippen LogP contribution in [0.25, 0.3) is 0 Å². The minimum atomic E-state index is -1.39. The van der Waals surface area contributed by atoms with Crippen LogP contribution in [0, 0.1) is 17.5 Å². The Morgan fingerprint density at radius 3 is 2.44 bits per heavy atom. The smallest absolute Gasteiger partial charge is 0.318 e. The molecule has 18 heavy (non-hydrogen) atoms. The third-order valence-electron chi connectivity index (χ3n) is 2.00. The molecule has 0 fully saturated rings. The Labute approximate surface area is 100 Å². The molecule has 1 unspecified atom stereocenters. The summed E-state index contributed by atoms with van der Waals surface area (Å²) in [5.41, 5.74) is 4.18. The fourth-order valence-electron chi connectivity index (χ4n) is 1.19. The number of amides is 3.